The minimum Gasteiger partial charge on any atom is -0.389 e. The molecule has 0 atom stereocenters. The van der Waals surface area contributed by atoms with Crippen molar-refractivity contribution in [2.45, 2.75) is 19.2 Å². The second-order valence-corrected chi connectivity index (χ2v) is 7.69. The molecule has 0 spiro atoms. The van der Waals surface area contributed by atoms with Gasteiger partial charge in [0.1, 0.15) is 4.99 Å². The number of hydrogen-bond acceptors (Lipinski definition) is 5. The molecule has 112 valence electrons. The minimum atomic E-state index is -3.43. The van der Waals surface area contributed by atoms with Crippen molar-refractivity contribution in [3.8, 4) is 0 Å². The van der Waals surface area contributed by atoms with Crippen molar-refractivity contribution in [2.24, 2.45) is 5.73 Å². The number of hydrogen-bond donors (Lipinski definition) is 2. The summed E-state index contributed by atoms with van der Waals surface area (Å²) in [6.45, 7) is 2.11. The number of thiocarbonyl (C=S) groups is 1. The van der Waals surface area contributed by atoms with E-state index in [2.05, 4.69) is 9.71 Å². The van der Waals surface area contributed by atoms with E-state index < -0.39 is 10.0 Å². The topological polar surface area (TPSA) is 85.1 Å². The molecule has 0 saturated carbocycles. The van der Waals surface area contributed by atoms with Crippen LogP contribution in [0.2, 0.25) is 0 Å². The largest absolute Gasteiger partial charge is 0.389 e. The number of benzene rings is 1. The molecular weight excluding hydrogens is 326 g/mol. The lowest BCUT2D eigenvalue weighted by Crippen LogP contribution is -2.24. The maximum atomic E-state index is 12.1. The van der Waals surface area contributed by atoms with Gasteiger partial charge >= 0.3 is 0 Å². The van der Waals surface area contributed by atoms with Crippen molar-refractivity contribution in [3.63, 3.8) is 0 Å². The van der Waals surface area contributed by atoms with E-state index in [4.69, 9.17) is 18.0 Å². The number of nitrogens with two attached hydrogens (primary N) is 1. The van der Waals surface area contributed by atoms with Gasteiger partial charge in [0.2, 0.25) is 10.0 Å². The number of aromatic nitrogens is 1. The van der Waals surface area contributed by atoms with E-state index in [1.54, 1.807) is 29.8 Å². The van der Waals surface area contributed by atoms with Crippen LogP contribution in [0.4, 0.5) is 0 Å². The molecule has 2 rings (SSSR count). The van der Waals surface area contributed by atoms with Crippen LogP contribution in [0.15, 0.2) is 29.8 Å². The molecule has 21 heavy (non-hydrogen) atoms. The van der Waals surface area contributed by atoms with E-state index in [0.717, 1.165) is 10.6 Å². The van der Waals surface area contributed by atoms with Gasteiger partial charge < -0.3 is 5.73 Å². The van der Waals surface area contributed by atoms with Crippen LogP contribution in [-0.4, -0.2) is 18.4 Å². The van der Waals surface area contributed by atoms with E-state index in [1.807, 2.05) is 6.92 Å². The Labute approximate surface area is 133 Å². The summed E-state index contributed by atoms with van der Waals surface area (Å²) in [7, 11) is -3.43. The summed E-state index contributed by atoms with van der Waals surface area (Å²) in [5.74, 6) is -0.110. The van der Waals surface area contributed by atoms with E-state index >= 15 is 0 Å². The third-order valence-electron chi connectivity index (χ3n) is 2.87. The van der Waals surface area contributed by atoms with Crippen LogP contribution in [-0.2, 0) is 22.3 Å². The monoisotopic (exact) mass is 341 g/mol. The third-order valence-corrected chi connectivity index (χ3v) is 5.33. The van der Waals surface area contributed by atoms with Crippen LogP contribution < -0.4 is 10.5 Å². The van der Waals surface area contributed by atoms with Crippen molar-refractivity contribution in [1.82, 2.24) is 9.71 Å². The lowest BCUT2D eigenvalue weighted by molar-refractivity contribution is 0.581. The van der Waals surface area contributed by atoms with Crippen LogP contribution in [0.25, 0.3) is 0 Å². The van der Waals surface area contributed by atoms with E-state index in [-0.39, 0.29) is 17.3 Å². The number of nitrogens with one attached hydrogen (secondary N) is 1. The molecule has 2 aromatic rings. The van der Waals surface area contributed by atoms with Crippen LogP contribution >= 0.6 is 23.6 Å². The Morgan fingerprint density at radius 3 is 2.86 bits per heavy atom. The Hall–Kier alpha value is -1.35. The molecule has 0 aliphatic heterocycles. The fourth-order valence-corrected chi connectivity index (χ4v) is 3.78. The lowest BCUT2D eigenvalue weighted by atomic mass is 10.1. The number of sulfonamides is 1. The summed E-state index contributed by atoms with van der Waals surface area (Å²) in [5, 5.41) is 0. The first-order valence-electron chi connectivity index (χ1n) is 6.12. The Kier molecular flexibility index (Phi) is 5.04. The zero-order valence-corrected chi connectivity index (χ0v) is 13.8. The molecule has 0 unspecified atom stereocenters. The van der Waals surface area contributed by atoms with Crippen molar-refractivity contribution >= 4 is 38.6 Å². The number of rotatable bonds is 6. The SMILES string of the molecule is Cc1ncsc1CNS(=O)(=O)Cc1cccc(C(N)=S)c1. The summed E-state index contributed by atoms with van der Waals surface area (Å²) in [5.41, 5.74) is 9.40. The zero-order valence-electron chi connectivity index (χ0n) is 11.4. The summed E-state index contributed by atoms with van der Waals surface area (Å²) in [6.07, 6.45) is 0. The molecule has 1 heterocycles. The smallest absolute Gasteiger partial charge is 0.216 e. The second-order valence-electron chi connectivity index (χ2n) is 4.51. The molecule has 1 aromatic heterocycles. The second kappa shape index (κ2) is 6.61. The highest BCUT2D eigenvalue weighted by molar-refractivity contribution is 7.88. The van der Waals surface area contributed by atoms with Gasteiger partial charge in [-0.15, -0.1) is 11.3 Å². The normalized spacial score (nSPS) is 11.5. The first-order chi connectivity index (χ1) is 9.87. The average Bonchev–Trinajstić information content (AvgIpc) is 2.82. The highest BCUT2D eigenvalue weighted by atomic mass is 32.2. The highest BCUT2D eigenvalue weighted by Gasteiger charge is 2.13. The zero-order chi connectivity index (χ0) is 15.5. The van der Waals surface area contributed by atoms with Crippen molar-refractivity contribution < 1.29 is 8.42 Å². The molecular formula is C13H15N3O2S3. The summed E-state index contributed by atoms with van der Waals surface area (Å²) in [6, 6.07) is 6.93. The predicted octanol–water partition coefficient (Wildman–Crippen LogP) is 1.71. The summed E-state index contributed by atoms with van der Waals surface area (Å²) < 4.78 is 26.8. The number of nitrogens with zero attached hydrogens (tertiary/aromatic N) is 1. The van der Waals surface area contributed by atoms with Gasteiger partial charge in [0, 0.05) is 17.0 Å². The lowest BCUT2D eigenvalue weighted by Gasteiger charge is -2.07. The van der Waals surface area contributed by atoms with Gasteiger partial charge in [-0.3, -0.25) is 0 Å². The van der Waals surface area contributed by atoms with Gasteiger partial charge in [0.15, 0.2) is 0 Å². The summed E-state index contributed by atoms with van der Waals surface area (Å²) >= 11 is 6.32. The van der Waals surface area contributed by atoms with E-state index in [9.17, 15) is 8.42 Å². The molecule has 0 fully saturated rings. The quantitative estimate of drug-likeness (QED) is 0.781. The van der Waals surface area contributed by atoms with Gasteiger partial charge in [0.05, 0.1) is 17.0 Å². The molecule has 0 bridgehead atoms. The van der Waals surface area contributed by atoms with Crippen molar-refractivity contribution in [1.29, 1.82) is 0 Å². The van der Waals surface area contributed by atoms with Gasteiger partial charge in [-0.2, -0.15) is 0 Å². The van der Waals surface area contributed by atoms with Crippen LogP contribution in [0.5, 0.6) is 0 Å². The highest BCUT2D eigenvalue weighted by Crippen LogP contribution is 2.13. The fraction of sp³-hybridized carbons (Fsp3) is 0.231. The molecule has 0 aliphatic carbocycles. The standard InChI is InChI=1S/C13H15N3O2S3/c1-9-12(20-8-15-9)6-16-21(17,18)7-10-3-2-4-11(5-10)13(14)19/h2-5,8,16H,6-7H2,1H3,(H2,14,19). The molecule has 5 nitrogen and oxygen atoms in total. The molecule has 0 saturated heterocycles. The molecule has 0 aliphatic rings. The average molecular weight is 341 g/mol. The van der Waals surface area contributed by atoms with Gasteiger partial charge in [-0.25, -0.2) is 18.1 Å². The van der Waals surface area contributed by atoms with Gasteiger partial charge in [-0.05, 0) is 18.6 Å². The Morgan fingerprint density at radius 2 is 2.24 bits per heavy atom. The maximum Gasteiger partial charge on any atom is 0.216 e. The van der Waals surface area contributed by atoms with E-state index in [1.165, 1.54) is 11.3 Å². The van der Waals surface area contributed by atoms with Crippen LogP contribution in [0.1, 0.15) is 21.7 Å². The Balaban J connectivity index is 2.05. The molecule has 0 radical (unpaired) electrons. The van der Waals surface area contributed by atoms with Crippen LogP contribution in [0.3, 0.4) is 0 Å². The first kappa shape index (κ1) is 16.0. The van der Waals surface area contributed by atoms with E-state index in [0.29, 0.717) is 11.1 Å². The van der Waals surface area contributed by atoms with Crippen LogP contribution in [0, 0.1) is 6.92 Å². The number of thiazole rings is 1. The van der Waals surface area contributed by atoms with Gasteiger partial charge in [-0.1, -0.05) is 30.4 Å². The Morgan fingerprint density at radius 1 is 1.48 bits per heavy atom. The third kappa shape index (κ3) is 4.57. The van der Waals surface area contributed by atoms with Gasteiger partial charge in [0.25, 0.3) is 0 Å². The molecule has 1 aromatic carbocycles. The predicted molar refractivity (Wildman–Crippen MR) is 88.6 cm³/mol. The number of aryl methyl sites for hydroxylation is 1. The molecule has 3 N–H and O–H groups in total. The fourth-order valence-electron chi connectivity index (χ4n) is 1.76. The molecule has 0 amide bonds. The maximum absolute atomic E-state index is 12.1. The first-order valence-corrected chi connectivity index (χ1v) is 9.06. The minimum absolute atomic E-state index is 0.110. The van der Waals surface area contributed by atoms with Crippen molar-refractivity contribution in [3.05, 3.63) is 51.5 Å². The summed E-state index contributed by atoms with van der Waals surface area (Å²) in [4.78, 5) is 5.25. The Bertz CT molecular complexity index is 754. The van der Waals surface area contributed by atoms with Crippen molar-refractivity contribution in [2.75, 3.05) is 0 Å². The molecule has 8 heteroatoms.